The van der Waals surface area contributed by atoms with E-state index in [9.17, 15) is 10.2 Å². The maximum Gasteiger partial charge on any atom is 0.115 e. The first kappa shape index (κ1) is 13.4. The molecule has 0 saturated carbocycles. The van der Waals surface area contributed by atoms with Gasteiger partial charge < -0.3 is 15.5 Å². The van der Waals surface area contributed by atoms with E-state index >= 15 is 0 Å². The predicted octanol–water partition coefficient (Wildman–Crippen LogP) is 2.99. The van der Waals surface area contributed by atoms with Crippen molar-refractivity contribution in [2.45, 2.75) is 19.4 Å². The number of phenolic OH excluding ortho intramolecular Hbond substituents is 2. The Kier molecular flexibility index (Phi) is 4.42. The summed E-state index contributed by atoms with van der Waals surface area (Å²) in [5.74, 6) is 0.592. The van der Waals surface area contributed by atoms with E-state index < -0.39 is 0 Å². The Hall–Kier alpha value is -2.00. The van der Waals surface area contributed by atoms with Crippen LogP contribution in [-0.4, -0.2) is 16.8 Å². The second kappa shape index (κ2) is 6.25. The molecule has 0 saturated heterocycles. The van der Waals surface area contributed by atoms with Gasteiger partial charge in [0.1, 0.15) is 11.5 Å². The fourth-order valence-corrected chi connectivity index (χ4v) is 2.01. The fourth-order valence-electron chi connectivity index (χ4n) is 2.01. The number of hydrogen-bond donors (Lipinski definition) is 3. The number of phenols is 2. The van der Waals surface area contributed by atoms with Crippen LogP contribution in [0.1, 0.15) is 24.1 Å². The van der Waals surface area contributed by atoms with Gasteiger partial charge in [0.15, 0.2) is 0 Å². The van der Waals surface area contributed by atoms with Gasteiger partial charge in [-0.3, -0.25) is 0 Å². The van der Waals surface area contributed by atoms with E-state index in [1.807, 2.05) is 24.3 Å². The highest BCUT2D eigenvalue weighted by Gasteiger charge is 2.05. The van der Waals surface area contributed by atoms with Gasteiger partial charge in [-0.2, -0.15) is 0 Å². The quantitative estimate of drug-likeness (QED) is 0.771. The van der Waals surface area contributed by atoms with Crippen LogP contribution in [0, 0.1) is 0 Å². The molecule has 2 rings (SSSR count). The Morgan fingerprint density at radius 1 is 1.00 bits per heavy atom. The van der Waals surface area contributed by atoms with Gasteiger partial charge in [0, 0.05) is 6.04 Å². The predicted molar refractivity (Wildman–Crippen MR) is 76.3 cm³/mol. The van der Waals surface area contributed by atoms with Crippen LogP contribution >= 0.6 is 0 Å². The molecule has 100 valence electrons. The third-order valence-corrected chi connectivity index (χ3v) is 3.17. The van der Waals surface area contributed by atoms with E-state index in [-0.39, 0.29) is 6.04 Å². The standard InChI is InChI=1S/C16H19NO2/c1-12(14-3-2-4-16(19)11-14)17-10-9-13-5-7-15(18)8-6-13/h2-8,11-12,17-19H,9-10H2,1H3. The molecule has 3 N–H and O–H groups in total. The molecule has 0 aromatic heterocycles. The third kappa shape index (κ3) is 4.00. The summed E-state index contributed by atoms with van der Waals surface area (Å²) in [7, 11) is 0. The van der Waals surface area contributed by atoms with Gasteiger partial charge in [-0.05, 0) is 55.3 Å². The van der Waals surface area contributed by atoms with Gasteiger partial charge in [-0.1, -0.05) is 24.3 Å². The van der Waals surface area contributed by atoms with E-state index in [0.717, 1.165) is 18.5 Å². The summed E-state index contributed by atoms with van der Waals surface area (Å²) in [4.78, 5) is 0. The average Bonchev–Trinajstić information content (AvgIpc) is 2.41. The molecule has 0 aliphatic carbocycles. The first-order chi connectivity index (χ1) is 9.15. The average molecular weight is 257 g/mol. The molecule has 3 heteroatoms. The van der Waals surface area contributed by atoms with Gasteiger partial charge in [-0.15, -0.1) is 0 Å². The van der Waals surface area contributed by atoms with Crippen LogP contribution in [0.2, 0.25) is 0 Å². The number of aromatic hydroxyl groups is 2. The number of rotatable bonds is 5. The molecule has 0 radical (unpaired) electrons. The summed E-state index contributed by atoms with van der Waals surface area (Å²) in [6, 6.07) is 14.8. The Bertz CT molecular complexity index is 523. The second-order valence-electron chi connectivity index (χ2n) is 4.69. The molecule has 0 aliphatic heterocycles. The lowest BCUT2D eigenvalue weighted by Gasteiger charge is -2.14. The van der Waals surface area contributed by atoms with Gasteiger partial charge in [0.05, 0.1) is 0 Å². The number of benzene rings is 2. The largest absolute Gasteiger partial charge is 0.508 e. The molecule has 1 unspecified atom stereocenters. The Morgan fingerprint density at radius 3 is 2.42 bits per heavy atom. The maximum atomic E-state index is 9.44. The minimum absolute atomic E-state index is 0.198. The van der Waals surface area contributed by atoms with Crippen LogP contribution in [-0.2, 0) is 6.42 Å². The van der Waals surface area contributed by atoms with Crippen LogP contribution in [0.5, 0.6) is 11.5 Å². The lowest BCUT2D eigenvalue weighted by atomic mass is 10.1. The molecule has 19 heavy (non-hydrogen) atoms. The highest BCUT2D eigenvalue weighted by Crippen LogP contribution is 2.17. The summed E-state index contributed by atoms with van der Waals surface area (Å²) >= 11 is 0. The molecular formula is C16H19NO2. The van der Waals surface area contributed by atoms with Gasteiger partial charge in [0.25, 0.3) is 0 Å². The molecule has 1 atom stereocenters. The first-order valence-corrected chi connectivity index (χ1v) is 6.45. The molecular weight excluding hydrogens is 238 g/mol. The van der Waals surface area contributed by atoms with Crippen molar-refractivity contribution in [1.29, 1.82) is 0 Å². The first-order valence-electron chi connectivity index (χ1n) is 6.45. The highest BCUT2D eigenvalue weighted by atomic mass is 16.3. The van der Waals surface area contributed by atoms with Crippen molar-refractivity contribution in [3.05, 3.63) is 59.7 Å². The zero-order chi connectivity index (χ0) is 13.7. The van der Waals surface area contributed by atoms with E-state index in [1.54, 1.807) is 24.3 Å². The Labute approximate surface area is 113 Å². The van der Waals surface area contributed by atoms with Crippen LogP contribution in [0.3, 0.4) is 0 Å². The van der Waals surface area contributed by atoms with Crippen molar-refractivity contribution in [2.24, 2.45) is 0 Å². The van der Waals surface area contributed by atoms with Gasteiger partial charge >= 0.3 is 0 Å². The molecule has 0 aliphatic rings. The van der Waals surface area contributed by atoms with Gasteiger partial charge in [0.2, 0.25) is 0 Å². The van der Waals surface area contributed by atoms with Crippen LogP contribution in [0.25, 0.3) is 0 Å². The lowest BCUT2D eigenvalue weighted by molar-refractivity contribution is 0.472. The van der Waals surface area contributed by atoms with Crippen molar-refractivity contribution in [3.8, 4) is 11.5 Å². The maximum absolute atomic E-state index is 9.44. The minimum Gasteiger partial charge on any atom is -0.508 e. The molecule has 3 nitrogen and oxygen atoms in total. The third-order valence-electron chi connectivity index (χ3n) is 3.17. The molecule has 2 aromatic carbocycles. The summed E-state index contributed by atoms with van der Waals surface area (Å²) in [5.41, 5.74) is 2.26. The zero-order valence-electron chi connectivity index (χ0n) is 11.0. The van der Waals surface area contributed by atoms with Crippen molar-refractivity contribution in [1.82, 2.24) is 5.32 Å². The normalized spacial score (nSPS) is 12.3. The topological polar surface area (TPSA) is 52.5 Å². The summed E-state index contributed by atoms with van der Waals surface area (Å²) in [6.07, 6.45) is 0.906. The summed E-state index contributed by atoms with van der Waals surface area (Å²) in [5, 5.41) is 22.1. The van der Waals surface area contributed by atoms with Crippen LogP contribution in [0.4, 0.5) is 0 Å². The molecule has 0 bridgehead atoms. The summed E-state index contributed by atoms with van der Waals surface area (Å²) < 4.78 is 0. The van der Waals surface area contributed by atoms with Crippen molar-refractivity contribution in [3.63, 3.8) is 0 Å². The van der Waals surface area contributed by atoms with Crippen LogP contribution < -0.4 is 5.32 Å². The van der Waals surface area contributed by atoms with Gasteiger partial charge in [-0.25, -0.2) is 0 Å². The van der Waals surface area contributed by atoms with Crippen molar-refractivity contribution >= 4 is 0 Å². The number of hydrogen-bond acceptors (Lipinski definition) is 3. The number of nitrogens with one attached hydrogen (secondary N) is 1. The van der Waals surface area contributed by atoms with Crippen LogP contribution in [0.15, 0.2) is 48.5 Å². The molecule has 0 amide bonds. The SMILES string of the molecule is CC(NCCc1ccc(O)cc1)c1cccc(O)c1. The minimum atomic E-state index is 0.198. The Morgan fingerprint density at radius 2 is 1.74 bits per heavy atom. The van der Waals surface area contributed by atoms with E-state index in [0.29, 0.717) is 11.5 Å². The monoisotopic (exact) mass is 257 g/mol. The Balaban J connectivity index is 1.84. The van der Waals surface area contributed by atoms with Crippen molar-refractivity contribution < 1.29 is 10.2 Å². The zero-order valence-corrected chi connectivity index (χ0v) is 11.0. The lowest BCUT2D eigenvalue weighted by Crippen LogP contribution is -2.21. The molecule has 0 heterocycles. The second-order valence-corrected chi connectivity index (χ2v) is 4.69. The molecule has 2 aromatic rings. The fraction of sp³-hybridized carbons (Fsp3) is 0.250. The molecule has 0 fully saturated rings. The molecule has 0 spiro atoms. The summed E-state index contributed by atoms with van der Waals surface area (Å²) in [6.45, 7) is 2.92. The van der Waals surface area contributed by atoms with E-state index in [2.05, 4.69) is 12.2 Å². The van der Waals surface area contributed by atoms with Crippen molar-refractivity contribution in [2.75, 3.05) is 6.54 Å². The van der Waals surface area contributed by atoms with E-state index in [4.69, 9.17) is 0 Å². The smallest absolute Gasteiger partial charge is 0.115 e. The van der Waals surface area contributed by atoms with E-state index in [1.165, 1.54) is 5.56 Å². The highest BCUT2D eigenvalue weighted by molar-refractivity contribution is 5.29.